The fourth-order valence-corrected chi connectivity index (χ4v) is 3.32. The van der Waals surface area contributed by atoms with Crippen LogP contribution < -0.4 is 5.32 Å². The molecule has 1 atom stereocenters. The van der Waals surface area contributed by atoms with E-state index in [-0.39, 0.29) is 5.91 Å². The molecule has 1 amide bonds. The molecule has 0 aromatic carbocycles. The minimum atomic E-state index is 0.121. The first-order chi connectivity index (χ1) is 8.69. The third kappa shape index (κ3) is 3.67. The van der Waals surface area contributed by atoms with Crippen LogP contribution in [0.2, 0.25) is 0 Å². The normalized spacial score (nSPS) is 19.9. The van der Waals surface area contributed by atoms with Crippen LogP contribution in [0.25, 0.3) is 6.08 Å². The molecule has 3 nitrogen and oxygen atoms in total. The van der Waals surface area contributed by atoms with Gasteiger partial charge < -0.3 is 10.2 Å². The molecule has 0 radical (unpaired) electrons. The summed E-state index contributed by atoms with van der Waals surface area (Å²) in [6.07, 6.45) is 4.66. The Morgan fingerprint density at radius 2 is 2.56 bits per heavy atom. The van der Waals surface area contributed by atoms with E-state index in [1.807, 2.05) is 29.5 Å². The third-order valence-electron chi connectivity index (χ3n) is 3.10. The highest BCUT2D eigenvalue weighted by atomic mass is 79.9. The van der Waals surface area contributed by atoms with Gasteiger partial charge in [-0.3, -0.25) is 4.79 Å². The van der Waals surface area contributed by atoms with Crippen LogP contribution >= 0.6 is 27.3 Å². The van der Waals surface area contributed by atoms with Crippen LogP contribution in [0, 0.1) is 5.92 Å². The molecule has 0 saturated carbocycles. The summed E-state index contributed by atoms with van der Waals surface area (Å²) in [5.74, 6) is 0.721. The molecule has 1 saturated heterocycles. The predicted molar refractivity (Wildman–Crippen MR) is 79.7 cm³/mol. The van der Waals surface area contributed by atoms with Crippen molar-refractivity contribution in [3.63, 3.8) is 0 Å². The van der Waals surface area contributed by atoms with Gasteiger partial charge in [0.1, 0.15) is 0 Å². The van der Waals surface area contributed by atoms with Crippen LogP contribution in [-0.4, -0.2) is 37.5 Å². The van der Waals surface area contributed by atoms with Crippen molar-refractivity contribution >= 4 is 39.2 Å². The number of hydrogen-bond acceptors (Lipinski definition) is 3. The molecular weight excluding hydrogens is 312 g/mol. The van der Waals surface area contributed by atoms with Gasteiger partial charge in [0.05, 0.1) is 3.79 Å². The van der Waals surface area contributed by atoms with Crippen molar-refractivity contribution in [2.75, 3.05) is 26.7 Å². The molecule has 2 heterocycles. The first-order valence-corrected chi connectivity index (χ1v) is 7.72. The van der Waals surface area contributed by atoms with Gasteiger partial charge in [0.25, 0.3) is 0 Å². The number of nitrogens with one attached hydrogen (secondary N) is 1. The molecule has 5 heteroatoms. The van der Waals surface area contributed by atoms with Crippen molar-refractivity contribution in [2.24, 2.45) is 5.92 Å². The highest BCUT2D eigenvalue weighted by Gasteiger charge is 2.24. The van der Waals surface area contributed by atoms with E-state index in [1.54, 1.807) is 17.4 Å². The lowest BCUT2D eigenvalue weighted by Crippen LogP contribution is -2.28. The van der Waals surface area contributed by atoms with Gasteiger partial charge in [-0.2, -0.15) is 0 Å². The number of carbonyl (C=O) groups excluding carboxylic acids is 1. The Labute approximate surface area is 120 Å². The van der Waals surface area contributed by atoms with Gasteiger partial charge in [0.2, 0.25) is 5.91 Å². The number of nitrogens with zero attached hydrogens (tertiary/aromatic N) is 1. The number of likely N-dealkylation sites (tertiary alicyclic amines) is 1. The summed E-state index contributed by atoms with van der Waals surface area (Å²) < 4.78 is 1.09. The van der Waals surface area contributed by atoms with Gasteiger partial charge in [0.15, 0.2) is 0 Å². The number of hydrogen-bond donors (Lipinski definition) is 1. The van der Waals surface area contributed by atoms with Gasteiger partial charge in [0, 0.05) is 19.2 Å². The average Bonchev–Trinajstić information content (AvgIpc) is 2.96. The molecule has 1 fully saturated rings. The van der Waals surface area contributed by atoms with Crippen molar-refractivity contribution in [1.82, 2.24) is 10.2 Å². The standard InChI is InChI=1S/C13H17BrN2OS/c1-15-7-11-4-5-16(8-11)13(17)3-2-10-6-12(14)18-9-10/h2-3,6,9,11,15H,4-5,7-8H2,1H3. The van der Waals surface area contributed by atoms with Gasteiger partial charge in [-0.05, 0) is 64.9 Å². The van der Waals surface area contributed by atoms with E-state index in [1.165, 1.54) is 0 Å². The monoisotopic (exact) mass is 328 g/mol. The highest BCUT2D eigenvalue weighted by molar-refractivity contribution is 9.11. The topological polar surface area (TPSA) is 32.3 Å². The molecule has 18 heavy (non-hydrogen) atoms. The van der Waals surface area contributed by atoms with Crippen molar-refractivity contribution in [3.8, 4) is 0 Å². The van der Waals surface area contributed by atoms with Crippen LogP contribution in [0.4, 0.5) is 0 Å². The van der Waals surface area contributed by atoms with E-state index in [0.29, 0.717) is 5.92 Å². The first-order valence-electron chi connectivity index (χ1n) is 6.04. The Balaban J connectivity index is 1.87. The number of amides is 1. The van der Waals surface area contributed by atoms with Gasteiger partial charge in [-0.15, -0.1) is 11.3 Å². The lowest BCUT2D eigenvalue weighted by Gasteiger charge is -2.14. The van der Waals surface area contributed by atoms with Crippen LogP contribution in [0.1, 0.15) is 12.0 Å². The zero-order valence-electron chi connectivity index (χ0n) is 10.4. The smallest absolute Gasteiger partial charge is 0.246 e. The maximum absolute atomic E-state index is 12.0. The molecule has 0 spiro atoms. The molecular formula is C13H17BrN2OS. The van der Waals surface area contributed by atoms with Crippen molar-refractivity contribution < 1.29 is 4.79 Å². The molecule has 1 aromatic heterocycles. The average molecular weight is 329 g/mol. The predicted octanol–water partition coefficient (Wildman–Crippen LogP) is 2.59. The summed E-state index contributed by atoms with van der Waals surface area (Å²) in [5.41, 5.74) is 1.08. The van der Waals surface area contributed by atoms with E-state index < -0.39 is 0 Å². The zero-order chi connectivity index (χ0) is 13.0. The summed E-state index contributed by atoms with van der Waals surface area (Å²) >= 11 is 5.04. The Kier molecular flexibility index (Phi) is 4.97. The van der Waals surface area contributed by atoms with Gasteiger partial charge >= 0.3 is 0 Å². The van der Waals surface area contributed by atoms with Crippen LogP contribution in [0.3, 0.4) is 0 Å². The molecule has 1 aliphatic rings. The Morgan fingerprint density at radius 3 is 3.22 bits per heavy atom. The van der Waals surface area contributed by atoms with Crippen molar-refractivity contribution in [2.45, 2.75) is 6.42 Å². The molecule has 1 aromatic rings. The van der Waals surface area contributed by atoms with E-state index in [4.69, 9.17) is 0 Å². The Hall–Kier alpha value is -0.650. The molecule has 1 unspecified atom stereocenters. The van der Waals surface area contributed by atoms with E-state index in [2.05, 4.69) is 21.2 Å². The molecule has 0 bridgehead atoms. The van der Waals surface area contributed by atoms with E-state index in [9.17, 15) is 4.79 Å². The SMILES string of the molecule is CNCC1CCN(C(=O)C=Cc2csc(Br)c2)C1. The second kappa shape index (κ2) is 6.50. The van der Waals surface area contributed by atoms with Crippen molar-refractivity contribution in [1.29, 1.82) is 0 Å². The number of halogens is 1. The molecule has 98 valence electrons. The largest absolute Gasteiger partial charge is 0.339 e. The highest BCUT2D eigenvalue weighted by Crippen LogP contribution is 2.22. The summed E-state index contributed by atoms with van der Waals surface area (Å²) in [5, 5.41) is 5.20. The summed E-state index contributed by atoms with van der Waals surface area (Å²) in [7, 11) is 1.96. The Bertz CT molecular complexity index is 444. The minimum Gasteiger partial charge on any atom is -0.339 e. The maximum atomic E-state index is 12.0. The second-order valence-corrected chi connectivity index (χ2v) is 6.80. The van der Waals surface area contributed by atoms with Gasteiger partial charge in [-0.1, -0.05) is 0 Å². The minimum absolute atomic E-state index is 0.121. The lowest BCUT2D eigenvalue weighted by atomic mass is 10.1. The lowest BCUT2D eigenvalue weighted by molar-refractivity contribution is -0.125. The summed E-state index contributed by atoms with van der Waals surface area (Å²) in [4.78, 5) is 13.9. The Morgan fingerprint density at radius 1 is 1.72 bits per heavy atom. The molecule has 1 N–H and O–H groups in total. The second-order valence-electron chi connectivity index (χ2n) is 4.51. The summed E-state index contributed by atoms with van der Waals surface area (Å²) in [6.45, 7) is 2.74. The van der Waals surface area contributed by atoms with Crippen molar-refractivity contribution in [3.05, 3.63) is 26.9 Å². The maximum Gasteiger partial charge on any atom is 0.246 e. The van der Waals surface area contributed by atoms with Crippen LogP contribution in [-0.2, 0) is 4.79 Å². The molecule has 2 rings (SSSR count). The van der Waals surface area contributed by atoms with Gasteiger partial charge in [-0.25, -0.2) is 0 Å². The first kappa shape index (κ1) is 13.8. The third-order valence-corrected chi connectivity index (χ3v) is 4.62. The van der Waals surface area contributed by atoms with Crippen LogP contribution in [0.5, 0.6) is 0 Å². The molecule has 0 aliphatic carbocycles. The van der Waals surface area contributed by atoms with E-state index in [0.717, 1.165) is 35.4 Å². The quantitative estimate of drug-likeness (QED) is 0.861. The van der Waals surface area contributed by atoms with E-state index >= 15 is 0 Å². The number of rotatable bonds is 4. The number of carbonyl (C=O) groups is 1. The molecule has 1 aliphatic heterocycles. The van der Waals surface area contributed by atoms with Crippen LogP contribution in [0.15, 0.2) is 21.3 Å². The fourth-order valence-electron chi connectivity index (χ4n) is 2.17. The fraction of sp³-hybridized carbons (Fsp3) is 0.462. The number of thiophene rings is 1. The summed E-state index contributed by atoms with van der Waals surface area (Å²) in [6, 6.07) is 2.02. The zero-order valence-corrected chi connectivity index (χ0v) is 12.8.